The van der Waals surface area contributed by atoms with Crippen LogP contribution in [-0.4, -0.2) is 44.0 Å². The maximum absolute atomic E-state index is 11.8. The van der Waals surface area contributed by atoms with Gasteiger partial charge in [-0.3, -0.25) is 4.79 Å². The normalized spacial score (nSPS) is 12.5. The SMILES string of the molecule is CC(CCN(C)C)NCC(=O)Nc1ccccc1Br. The Bertz CT molecular complexity index is 409. The smallest absolute Gasteiger partial charge is 0.238 e. The standard InChI is InChI=1S/C14H22BrN3O/c1-11(8-9-18(2)3)16-10-14(19)17-13-7-5-4-6-12(13)15/h4-7,11,16H,8-10H2,1-3H3,(H,17,19). The van der Waals surface area contributed by atoms with Gasteiger partial charge < -0.3 is 15.5 Å². The fraction of sp³-hybridized carbons (Fsp3) is 0.500. The van der Waals surface area contributed by atoms with E-state index in [1.54, 1.807) is 0 Å². The van der Waals surface area contributed by atoms with Crippen LogP contribution in [0.5, 0.6) is 0 Å². The first-order valence-corrected chi connectivity index (χ1v) is 7.21. The molecule has 0 heterocycles. The molecule has 1 aromatic rings. The molecule has 1 atom stereocenters. The predicted octanol–water partition coefficient (Wildman–Crippen LogP) is 2.32. The number of anilines is 1. The van der Waals surface area contributed by atoms with Gasteiger partial charge in [0, 0.05) is 10.5 Å². The molecule has 0 saturated carbocycles. The van der Waals surface area contributed by atoms with E-state index in [9.17, 15) is 4.79 Å². The fourth-order valence-corrected chi connectivity index (χ4v) is 1.96. The first-order chi connectivity index (χ1) is 8.99. The molecule has 0 saturated heterocycles. The molecule has 0 radical (unpaired) electrons. The lowest BCUT2D eigenvalue weighted by Gasteiger charge is -2.16. The summed E-state index contributed by atoms with van der Waals surface area (Å²) in [6, 6.07) is 7.92. The third-order valence-corrected chi connectivity index (χ3v) is 3.46. The van der Waals surface area contributed by atoms with E-state index in [0.29, 0.717) is 12.6 Å². The number of para-hydroxylation sites is 1. The number of carbonyl (C=O) groups is 1. The Kier molecular flexibility index (Phi) is 7.05. The summed E-state index contributed by atoms with van der Waals surface area (Å²) < 4.78 is 0.893. The van der Waals surface area contributed by atoms with Crippen LogP contribution in [0.2, 0.25) is 0 Å². The molecular formula is C14H22BrN3O. The zero-order valence-corrected chi connectivity index (χ0v) is 13.3. The Hall–Kier alpha value is -0.910. The number of nitrogens with one attached hydrogen (secondary N) is 2. The molecule has 0 fully saturated rings. The lowest BCUT2D eigenvalue weighted by Crippen LogP contribution is -2.36. The number of halogens is 1. The zero-order valence-electron chi connectivity index (χ0n) is 11.7. The summed E-state index contributed by atoms with van der Waals surface area (Å²) in [6.07, 6.45) is 1.02. The van der Waals surface area contributed by atoms with E-state index in [-0.39, 0.29) is 5.91 Å². The Balaban J connectivity index is 2.30. The summed E-state index contributed by atoms with van der Waals surface area (Å²) in [5, 5.41) is 6.10. The van der Waals surface area contributed by atoms with Gasteiger partial charge in [0.25, 0.3) is 0 Å². The van der Waals surface area contributed by atoms with Gasteiger partial charge >= 0.3 is 0 Å². The van der Waals surface area contributed by atoms with Gasteiger partial charge in [-0.2, -0.15) is 0 Å². The second kappa shape index (κ2) is 8.30. The molecule has 19 heavy (non-hydrogen) atoms. The number of benzene rings is 1. The molecule has 0 aromatic heterocycles. The Morgan fingerprint density at radius 2 is 2.05 bits per heavy atom. The first-order valence-electron chi connectivity index (χ1n) is 6.41. The topological polar surface area (TPSA) is 44.4 Å². The highest BCUT2D eigenvalue weighted by atomic mass is 79.9. The van der Waals surface area contributed by atoms with E-state index in [4.69, 9.17) is 0 Å². The second-order valence-corrected chi connectivity index (χ2v) is 5.76. The highest BCUT2D eigenvalue weighted by molar-refractivity contribution is 9.10. The maximum atomic E-state index is 11.8. The van der Waals surface area contributed by atoms with Gasteiger partial charge in [-0.05, 0) is 62.0 Å². The summed E-state index contributed by atoms with van der Waals surface area (Å²) in [5.41, 5.74) is 0.801. The van der Waals surface area contributed by atoms with Crippen molar-refractivity contribution in [3.05, 3.63) is 28.7 Å². The Morgan fingerprint density at radius 3 is 2.68 bits per heavy atom. The van der Waals surface area contributed by atoms with E-state index < -0.39 is 0 Å². The van der Waals surface area contributed by atoms with Crippen molar-refractivity contribution in [1.82, 2.24) is 10.2 Å². The number of hydrogen-bond donors (Lipinski definition) is 2. The highest BCUT2D eigenvalue weighted by Crippen LogP contribution is 2.20. The molecule has 5 heteroatoms. The quantitative estimate of drug-likeness (QED) is 0.807. The lowest BCUT2D eigenvalue weighted by atomic mass is 10.2. The third-order valence-electron chi connectivity index (χ3n) is 2.77. The van der Waals surface area contributed by atoms with Crippen LogP contribution in [0.4, 0.5) is 5.69 Å². The summed E-state index contributed by atoms with van der Waals surface area (Å²) in [7, 11) is 4.10. The molecule has 0 bridgehead atoms. The summed E-state index contributed by atoms with van der Waals surface area (Å²) >= 11 is 3.40. The van der Waals surface area contributed by atoms with E-state index >= 15 is 0 Å². The van der Waals surface area contributed by atoms with E-state index in [1.807, 2.05) is 38.4 Å². The van der Waals surface area contributed by atoms with Crippen LogP contribution in [-0.2, 0) is 4.79 Å². The number of carbonyl (C=O) groups excluding carboxylic acids is 1. The molecule has 1 aromatic carbocycles. The predicted molar refractivity (Wildman–Crippen MR) is 83.4 cm³/mol. The van der Waals surface area contributed by atoms with Gasteiger partial charge in [0.1, 0.15) is 0 Å². The number of hydrogen-bond acceptors (Lipinski definition) is 3. The molecular weight excluding hydrogens is 306 g/mol. The van der Waals surface area contributed by atoms with Crippen LogP contribution in [0.3, 0.4) is 0 Å². The molecule has 1 unspecified atom stereocenters. The second-order valence-electron chi connectivity index (χ2n) is 4.90. The van der Waals surface area contributed by atoms with Crippen molar-refractivity contribution in [1.29, 1.82) is 0 Å². The van der Waals surface area contributed by atoms with Gasteiger partial charge in [0.2, 0.25) is 5.91 Å². The summed E-state index contributed by atoms with van der Waals surface area (Å²) in [5.74, 6) is -0.0244. The maximum Gasteiger partial charge on any atom is 0.238 e. The van der Waals surface area contributed by atoms with Gasteiger partial charge in [-0.15, -0.1) is 0 Å². The largest absolute Gasteiger partial charge is 0.324 e. The van der Waals surface area contributed by atoms with E-state index in [1.165, 1.54) is 0 Å². The van der Waals surface area contributed by atoms with Crippen LogP contribution in [0.25, 0.3) is 0 Å². The van der Waals surface area contributed by atoms with Crippen molar-refractivity contribution in [2.75, 3.05) is 32.5 Å². The van der Waals surface area contributed by atoms with Crippen LogP contribution in [0.1, 0.15) is 13.3 Å². The van der Waals surface area contributed by atoms with Gasteiger partial charge in [-0.25, -0.2) is 0 Å². The Morgan fingerprint density at radius 1 is 1.37 bits per heavy atom. The minimum Gasteiger partial charge on any atom is -0.324 e. The fourth-order valence-electron chi connectivity index (χ4n) is 1.58. The lowest BCUT2D eigenvalue weighted by molar-refractivity contribution is -0.115. The minimum atomic E-state index is -0.0244. The minimum absolute atomic E-state index is 0.0244. The van der Waals surface area contributed by atoms with Crippen LogP contribution in [0.15, 0.2) is 28.7 Å². The molecule has 4 nitrogen and oxygen atoms in total. The molecule has 0 aliphatic rings. The number of rotatable bonds is 7. The van der Waals surface area contributed by atoms with Crippen molar-refractivity contribution < 1.29 is 4.79 Å². The average Bonchev–Trinajstić information content (AvgIpc) is 2.36. The molecule has 106 valence electrons. The third kappa shape index (κ3) is 6.71. The van der Waals surface area contributed by atoms with Gasteiger partial charge in [0.15, 0.2) is 0 Å². The van der Waals surface area contributed by atoms with Crippen molar-refractivity contribution in [3.8, 4) is 0 Å². The molecule has 0 aliphatic carbocycles. The summed E-state index contributed by atoms with van der Waals surface area (Å²) in [6.45, 7) is 3.44. The van der Waals surface area contributed by atoms with Crippen LogP contribution < -0.4 is 10.6 Å². The van der Waals surface area contributed by atoms with Crippen molar-refractivity contribution in [2.45, 2.75) is 19.4 Å². The number of nitrogens with zero attached hydrogens (tertiary/aromatic N) is 1. The summed E-state index contributed by atoms with van der Waals surface area (Å²) in [4.78, 5) is 13.9. The van der Waals surface area contributed by atoms with Crippen LogP contribution in [0, 0.1) is 0 Å². The Labute approximate surface area is 123 Å². The molecule has 1 rings (SSSR count). The van der Waals surface area contributed by atoms with Crippen molar-refractivity contribution >= 4 is 27.5 Å². The van der Waals surface area contributed by atoms with E-state index in [2.05, 4.69) is 38.4 Å². The van der Waals surface area contributed by atoms with Crippen LogP contribution >= 0.6 is 15.9 Å². The molecule has 0 spiro atoms. The van der Waals surface area contributed by atoms with E-state index in [0.717, 1.165) is 23.1 Å². The van der Waals surface area contributed by atoms with Gasteiger partial charge in [-0.1, -0.05) is 12.1 Å². The molecule has 1 amide bonds. The average molecular weight is 328 g/mol. The molecule has 0 aliphatic heterocycles. The first kappa shape index (κ1) is 16.1. The van der Waals surface area contributed by atoms with Gasteiger partial charge in [0.05, 0.1) is 12.2 Å². The monoisotopic (exact) mass is 327 g/mol. The van der Waals surface area contributed by atoms with Crippen molar-refractivity contribution in [2.24, 2.45) is 0 Å². The zero-order chi connectivity index (χ0) is 14.3. The highest BCUT2D eigenvalue weighted by Gasteiger charge is 2.07. The number of amides is 1. The van der Waals surface area contributed by atoms with Crippen molar-refractivity contribution in [3.63, 3.8) is 0 Å². The molecule has 2 N–H and O–H groups in total.